The molecule has 0 aliphatic rings. The van der Waals surface area contributed by atoms with Gasteiger partial charge in [0.2, 0.25) is 0 Å². The number of halogens is 2. The van der Waals surface area contributed by atoms with Crippen LogP contribution in [0, 0.1) is 0 Å². The number of aliphatic hydroxyl groups is 1. The fourth-order valence-electron chi connectivity index (χ4n) is 1.04. The second kappa shape index (κ2) is 3.86. The molecule has 3 nitrogen and oxygen atoms in total. The van der Waals surface area contributed by atoms with E-state index in [1.165, 1.54) is 0 Å². The largest absolute Gasteiger partial charge is 0.390 e. The van der Waals surface area contributed by atoms with E-state index in [9.17, 15) is 17.2 Å². The van der Waals surface area contributed by atoms with E-state index in [1.54, 1.807) is 0 Å². The van der Waals surface area contributed by atoms with Crippen LogP contribution in [0.4, 0.5) is 8.78 Å². The zero-order chi connectivity index (χ0) is 11.7. The van der Waals surface area contributed by atoms with Gasteiger partial charge < -0.3 is 5.11 Å². The van der Waals surface area contributed by atoms with Crippen LogP contribution < -0.4 is 0 Å². The van der Waals surface area contributed by atoms with Gasteiger partial charge in [-0.05, 0) is 12.1 Å². The molecule has 6 heteroatoms. The van der Waals surface area contributed by atoms with Gasteiger partial charge in [0, 0.05) is 11.8 Å². The molecule has 0 saturated heterocycles. The second-order valence-electron chi connectivity index (χ2n) is 3.16. The summed E-state index contributed by atoms with van der Waals surface area (Å²) in [7, 11) is -3.38. The van der Waals surface area contributed by atoms with Crippen molar-refractivity contribution in [2.75, 3.05) is 12.9 Å². The first kappa shape index (κ1) is 12.1. The smallest absolute Gasteiger partial charge is 0.295 e. The molecule has 0 radical (unpaired) electrons. The summed E-state index contributed by atoms with van der Waals surface area (Å²) in [6.45, 7) is -1.30. The average Bonchev–Trinajstić information content (AvgIpc) is 2.17. The summed E-state index contributed by atoms with van der Waals surface area (Å²) in [5.74, 6) is -3.34. The molecule has 0 spiro atoms. The summed E-state index contributed by atoms with van der Waals surface area (Å²) >= 11 is 0. The lowest BCUT2D eigenvalue weighted by Gasteiger charge is -2.13. The Labute approximate surface area is 86.3 Å². The predicted octanol–water partition coefficient (Wildman–Crippen LogP) is 1.17. The van der Waals surface area contributed by atoms with E-state index in [-0.39, 0.29) is 4.90 Å². The molecule has 0 fully saturated rings. The van der Waals surface area contributed by atoms with E-state index in [1.807, 2.05) is 0 Å². The van der Waals surface area contributed by atoms with Gasteiger partial charge >= 0.3 is 0 Å². The van der Waals surface area contributed by atoms with E-state index in [4.69, 9.17) is 5.11 Å². The molecule has 0 saturated carbocycles. The van der Waals surface area contributed by atoms with Crippen LogP contribution in [-0.4, -0.2) is 26.4 Å². The van der Waals surface area contributed by atoms with Crippen LogP contribution in [0.3, 0.4) is 0 Å². The molecule has 0 aliphatic carbocycles. The Kier molecular flexibility index (Phi) is 3.11. The van der Waals surface area contributed by atoms with Crippen molar-refractivity contribution in [3.05, 3.63) is 29.8 Å². The summed E-state index contributed by atoms with van der Waals surface area (Å²) < 4.78 is 47.9. The first-order valence-corrected chi connectivity index (χ1v) is 5.96. The number of hydrogen-bond acceptors (Lipinski definition) is 3. The highest BCUT2D eigenvalue weighted by atomic mass is 32.2. The van der Waals surface area contributed by atoms with Gasteiger partial charge in [0.15, 0.2) is 9.84 Å². The molecule has 1 aromatic carbocycles. The highest BCUT2D eigenvalue weighted by molar-refractivity contribution is 7.90. The van der Waals surface area contributed by atoms with Crippen molar-refractivity contribution in [3.63, 3.8) is 0 Å². The minimum Gasteiger partial charge on any atom is -0.390 e. The van der Waals surface area contributed by atoms with Crippen LogP contribution in [0.25, 0.3) is 0 Å². The van der Waals surface area contributed by atoms with Gasteiger partial charge in [-0.2, -0.15) is 8.78 Å². The molecular weight excluding hydrogens is 226 g/mol. The van der Waals surface area contributed by atoms with Crippen molar-refractivity contribution < 1.29 is 22.3 Å². The summed E-state index contributed by atoms with van der Waals surface area (Å²) in [6.07, 6.45) is 0.992. The van der Waals surface area contributed by atoms with Crippen molar-refractivity contribution >= 4 is 9.84 Å². The predicted molar refractivity (Wildman–Crippen MR) is 50.5 cm³/mol. The fraction of sp³-hybridized carbons (Fsp3) is 0.333. The number of sulfone groups is 1. The van der Waals surface area contributed by atoms with Crippen molar-refractivity contribution in [1.29, 1.82) is 0 Å². The van der Waals surface area contributed by atoms with Crippen LogP contribution >= 0.6 is 0 Å². The molecule has 1 aromatic rings. The minimum absolute atomic E-state index is 0.0278. The van der Waals surface area contributed by atoms with E-state index < -0.39 is 27.9 Å². The number of rotatable bonds is 3. The summed E-state index contributed by atoms with van der Waals surface area (Å²) in [4.78, 5) is -0.0278. The molecule has 1 N–H and O–H groups in total. The van der Waals surface area contributed by atoms with Crippen molar-refractivity contribution in [1.82, 2.24) is 0 Å². The topological polar surface area (TPSA) is 54.4 Å². The van der Waals surface area contributed by atoms with Crippen LogP contribution in [0.15, 0.2) is 29.2 Å². The van der Waals surface area contributed by atoms with E-state index in [2.05, 4.69) is 0 Å². The first-order valence-electron chi connectivity index (χ1n) is 4.06. The zero-order valence-electron chi connectivity index (χ0n) is 7.94. The molecule has 0 atom stereocenters. The van der Waals surface area contributed by atoms with Gasteiger partial charge in [-0.1, -0.05) is 12.1 Å². The maximum absolute atomic E-state index is 12.9. The molecule has 0 unspecified atom stereocenters. The monoisotopic (exact) mass is 236 g/mol. The van der Waals surface area contributed by atoms with Crippen LogP contribution in [0.5, 0.6) is 0 Å². The highest BCUT2D eigenvalue weighted by Gasteiger charge is 2.30. The fourth-order valence-corrected chi connectivity index (χ4v) is 1.67. The molecule has 1 rings (SSSR count). The quantitative estimate of drug-likeness (QED) is 0.857. The minimum atomic E-state index is -3.38. The highest BCUT2D eigenvalue weighted by Crippen LogP contribution is 2.27. The van der Waals surface area contributed by atoms with Crippen LogP contribution in [0.1, 0.15) is 5.56 Å². The Bertz CT molecular complexity index is 437. The molecule has 0 amide bonds. The maximum atomic E-state index is 12.9. The Morgan fingerprint density at radius 2 is 1.73 bits per heavy atom. The summed E-state index contributed by atoms with van der Waals surface area (Å²) in [5.41, 5.74) is -0.405. The lowest BCUT2D eigenvalue weighted by Crippen LogP contribution is -2.18. The number of benzene rings is 1. The summed E-state index contributed by atoms with van der Waals surface area (Å²) in [5, 5.41) is 8.41. The van der Waals surface area contributed by atoms with E-state index in [0.717, 1.165) is 30.5 Å². The van der Waals surface area contributed by atoms with Gasteiger partial charge in [0.05, 0.1) is 4.90 Å². The van der Waals surface area contributed by atoms with Crippen molar-refractivity contribution in [2.24, 2.45) is 0 Å². The lowest BCUT2D eigenvalue weighted by molar-refractivity contribution is -0.0556. The van der Waals surface area contributed by atoms with Gasteiger partial charge in [-0.3, -0.25) is 0 Å². The number of alkyl halides is 2. The first-order chi connectivity index (χ1) is 6.77. The van der Waals surface area contributed by atoms with E-state index in [0.29, 0.717) is 0 Å². The van der Waals surface area contributed by atoms with Crippen molar-refractivity contribution in [3.8, 4) is 0 Å². The van der Waals surface area contributed by atoms with E-state index >= 15 is 0 Å². The third-order valence-electron chi connectivity index (χ3n) is 1.90. The molecule has 15 heavy (non-hydrogen) atoms. The van der Waals surface area contributed by atoms with Gasteiger partial charge in [0.1, 0.15) is 6.61 Å². The number of hydrogen-bond donors (Lipinski definition) is 1. The Hall–Kier alpha value is -1.01. The maximum Gasteiger partial charge on any atom is 0.295 e. The Morgan fingerprint density at radius 3 is 2.07 bits per heavy atom. The van der Waals surface area contributed by atoms with Gasteiger partial charge in [0.25, 0.3) is 5.92 Å². The average molecular weight is 236 g/mol. The molecule has 0 bridgehead atoms. The SMILES string of the molecule is CS(=O)(=O)c1ccc(C(F)(F)CO)cc1. The third kappa shape index (κ3) is 2.73. The lowest BCUT2D eigenvalue weighted by atomic mass is 10.1. The number of aliphatic hydroxyl groups excluding tert-OH is 1. The Morgan fingerprint density at radius 1 is 1.27 bits per heavy atom. The van der Waals surface area contributed by atoms with Crippen LogP contribution in [-0.2, 0) is 15.8 Å². The summed E-state index contributed by atoms with van der Waals surface area (Å²) in [6, 6.07) is 4.17. The van der Waals surface area contributed by atoms with Gasteiger partial charge in [-0.15, -0.1) is 0 Å². The molecular formula is C9H10F2O3S. The molecule has 0 heterocycles. The standard InChI is InChI=1S/C9H10F2O3S/c1-15(13,14)8-4-2-7(3-5-8)9(10,11)6-12/h2-5,12H,6H2,1H3. The zero-order valence-corrected chi connectivity index (χ0v) is 8.76. The van der Waals surface area contributed by atoms with Crippen molar-refractivity contribution in [2.45, 2.75) is 10.8 Å². The molecule has 0 aliphatic heterocycles. The second-order valence-corrected chi connectivity index (χ2v) is 5.17. The normalized spacial score (nSPS) is 12.8. The molecule has 0 aromatic heterocycles. The van der Waals surface area contributed by atoms with Crippen LogP contribution in [0.2, 0.25) is 0 Å². The third-order valence-corrected chi connectivity index (χ3v) is 3.03. The van der Waals surface area contributed by atoms with Gasteiger partial charge in [-0.25, -0.2) is 8.42 Å². The molecule has 84 valence electrons. The Balaban J connectivity index is 3.12.